The van der Waals surface area contributed by atoms with E-state index in [9.17, 15) is 16.8 Å². The molecule has 0 aliphatic carbocycles. The summed E-state index contributed by atoms with van der Waals surface area (Å²) in [5.41, 5.74) is 0.361. The van der Waals surface area contributed by atoms with Crippen LogP contribution in [-0.4, -0.2) is 27.8 Å². The highest BCUT2D eigenvalue weighted by molar-refractivity contribution is 7.92. The van der Waals surface area contributed by atoms with Gasteiger partial charge in [0.15, 0.2) is 9.84 Å². The molecule has 0 heterocycles. The van der Waals surface area contributed by atoms with Gasteiger partial charge in [0.1, 0.15) is 0 Å². The van der Waals surface area contributed by atoms with E-state index in [1.54, 1.807) is 13.8 Å². The number of benzene rings is 1. The lowest BCUT2D eigenvalue weighted by atomic mass is 10.3. The topological polar surface area (TPSA) is 80.3 Å². The summed E-state index contributed by atoms with van der Waals surface area (Å²) in [6.45, 7) is 4.73. The minimum atomic E-state index is -3.34. The molecule has 18 heavy (non-hydrogen) atoms. The Bertz CT molecular complexity index is 601. The minimum Gasteiger partial charge on any atom is -0.284 e. The van der Waals surface area contributed by atoms with E-state index in [-0.39, 0.29) is 10.6 Å². The first kappa shape index (κ1) is 15.0. The van der Waals surface area contributed by atoms with Gasteiger partial charge in [-0.3, -0.25) is 4.72 Å². The minimum absolute atomic E-state index is 0.0287. The van der Waals surface area contributed by atoms with Gasteiger partial charge in [-0.2, -0.15) is 0 Å². The zero-order chi connectivity index (χ0) is 14.0. The van der Waals surface area contributed by atoms with E-state index in [1.165, 1.54) is 31.2 Å². The fraction of sp³-hybridized carbons (Fsp3) is 0.455. The second-order valence-corrected chi connectivity index (χ2v) is 8.64. The monoisotopic (exact) mass is 291 g/mol. The maximum Gasteiger partial charge on any atom is 0.232 e. The fourth-order valence-electron chi connectivity index (χ4n) is 1.24. The number of nitrogens with one attached hydrogen (secondary N) is 1. The van der Waals surface area contributed by atoms with E-state index in [0.717, 1.165) is 0 Å². The molecule has 102 valence electrons. The highest BCUT2D eigenvalue weighted by Gasteiger charge is 2.18. The highest BCUT2D eigenvalue weighted by Crippen LogP contribution is 2.19. The van der Waals surface area contributed by atoms with Crippen molar-refractivity contribution < 1.29 is 16.8 Å². The maximum atomic E-state index is 11.8. The lowest BCUT2D eigenvalue weighted by molar-refractivity contribution is 0.587. The second kappa shape index (κ2) is 5.27. The average Bonchev–Trinajstić information content (AvgIpc) is 2.29. The molecule has 1 rings (SSSR count). The van der Waals surface area contributed by atoms with E-state index < -0.39 is 25.1 Å². The number of rotatable bonds is 5. The van der Waals surface area contributed by atoms with Gasteiger partial charge < -0.3 is 0 Å². The third-order valence-corrected chi connectivity index (χ3v) is 5.93. The SMILES string of the molecule is CCS(=O)(=O)Nc1ccc(S(=O)(=O)C(C)C)cc1. The third-order valence-electron chi connectivity index (χ3n) is 2.46. The molecule has 0 bridgehead atoms. The predicted molar refractivity (Wildman–Crippen MR) is 71.8 cm³/mol. The van der Waals surface area contributed by atoms with Crippen molar-refractivity contribution in [2.24, 2.45) is 0 Å². The van der Waals surface area contributed by atoms with E-state index >= 15 is 0 Å². The summed E-state index contributed by atoms with van der Waals surface area (Å²) in [4.78, 5) is 0.192. The average molecular weight is 291 g/mol. The van der Waals surface area contributed by atoms with Crippen LogP contribution in [0.15, 0.2) is 29.2 Å². The molecule has 0 spiro atoms. The van der Waals surface area contributed by atoms with Crippen LogP contribution in [0.1, 0.15) is 20.8 Å². The largest absolute Gasteiger partial charge is 0.284 e. The van der Waals surface area contributed by atoms with Crippen molar-refractivity contribution in [1.82, 2.24) is 0 Å². The van der Waals surface area contributed by atoms with Gasteiger partial charge in [-0.1, -0.05) is 0 Å². The molecule has 0 saturated heterocycles. The zero-order valence-electron chi connectivity index (χ0n) is 10.5. The summed E-state index contributed by atoms with van der Waals surface area (Å²) >= 11 is 0. The van der Waals surface area contributed by atoms with Crippen molar-refractivity contribution in [3.8, 4) is 0 Å². The normalized spacial score (nSPS) is 12.7. The van der Waals surface area contributed by atoms with E-state index in [0.29, 0.717) is 5.69 Å². The molecule has 0 atom stereocenters. The first-order chi connectivity index (χ1) is 8.19. The molecule has 0 saturated carbocycles. The van der Waals surface area contributed by atoms with Crippen LogP contribution in [0, 0.1) is 0 Å². The summed E-state index contributed by atoms with van der Waals surface area (Å²) in [5.74, 6) is -0.0287. The Morgan fingerprint density at radius 3 is 1.94 bits per heavy atom. The van der Waals surface area contributed by atoms with Gasteiger partial charge in [-0.15, -0.1) is 0 Å². The van der Waals surface area contributed by atoms with Crippen LogP contribution in [-0.2, 0) is 19.9 Å². The Morgan fingerprint density at radius 1 is 1.06 bits per heavy atom. The van der Waals surface area contributed by atoms with Gasteiger partial charge in [-0.25, -0.2) is 16.8 Å². The van der Waals surface area contributed by atoms with Gasteiger partial charge in [-0.05, 0) is 45.0 Å². The molecule has 0 aliphatic rings. The molecule has 0 aliphatic heterocycles. The number of hydrogen-bond donors (Lipinski definition) is 1. The van der Waals surface area contributed by atoms with Crippen LogP contribution in [0.4, 0.5) is 5.69 Å². The smallest absolute Gasteiger partial charge is 0.232 e. The van der Waals surface area contributed by atoms with Gasteiger partial charge in [0.25, 0.3) is 0 Å². The van der Waals surface area contributed by atoms with E-state index in [2.05, 4.69) is 4.72 Å². The van der Waals surface area contributed by atoms with Crippen molar-refractivity contribution in [2.75, 3.05) is 10.5 Å². The van der Waals surface area contributed by atoms with Gasteiger partial charge >= 0.3 is 0 Å². The molecular formula is C11H17NO4S2. The fourth-order valence-corrected chi connectivity index (χ4v) is 2.94. The number of sulfone groups is 1. The third kappa shape index (κ3) is 3.46. The summed E-state index contributed by atoms with van der Waals surface area (Å²) in [6, 6.07) is 5.70. The predicted octanol–water partition coefficient (Wildman–Crippen LogP) is 1.63. The molecule has 1 N–H and O–H groups in total. The molecule has 1 aromatic rings. The van der Waals surface area contributed by atoms with Crippen LogP contribution >= 0.6 is 0 Å². The van der Waals surface area contributed by atoms with Gasteiger partial charge in [0.2, 0.25) is 10.0 Å². The van der Waals surface area contributed by atoms with Crippen LogP contribution in [0.2, 0.25) is 0 Å². The quantitative estimate of drug-likeness (QED) is 0.894. The Balaban J connectivity index is 3.02. The Morgan fingerprint density at radius 2 is 1.56 bits per heavy atom. The Labute approximate surface area is 108 Å². The first-order valence-corrected chi connectivity index (χ1v) is 8.73. The van der Waals surface area contributed by atoms with Crippen LogP contribution < -0.4 is 4.72 Å². The summed E-state index contributed by atoms with van der Waals surface area (Å²) in [5, 5.41) is -0.504. The molecular weight excluding hydrogens is 274 g/mol. The first-order valence-electron chi connectivity index (χ1n) is 5.53. The maximum absolute atomic E-state index is 11.8. The number of hydrogen-bond acceptors (Lipinski definition) is 4. The lowest BCUT2D eigenvalue weighted by Crippen LogP contribution is -2.16. The van der Waals surface area contributed by atoms with Crippen molar-refractivity contribution in [2.45, 2.75) is 30.9 Å². The Kier molecular flexibility index (Phi) is 4.39. The summed E-state index contributed by atoms with van der Waals surface area (Å²) < 4.78 is 48.7. The second-order valence-electron chi connectivity index (χ2n) is 4.12. The molecule has 0 unspecified atom stereocenters. The lowest BCUT2D eigenvalue weighted by Gasteiger charge is -2.09. The van der Waals surface area contributed by atoms with Gasteiger partial charge in [0, 0.05) is 5.69 Å². The number of sulfonamides is 1. The number of anilines is 1. The summed E-state index contributed by atoms with van der Waals surface area (Å²) in [7, 11) is -6.66. The standard InChI is InChI=1S/C11H17NO4S2/c1-4-17(13,14)12-10-5-7-11(8-6-10)18(15,16)9(2)3/h5-9,12H,4H2,1-3H3. The van der Waals surface area contributed by atoms with Gasteiger partial charge in [0.05, 0.1) is 15.9 Å². The van der Waals surface area contributed by atoms with E-state index in [4.69, 9.17) is 0 Å². The van der Waals surface area contributed by atoms with Crippen molar-refractivity contribution in [3.05, 3.63) is 24.3 Å². The molecule has 0 radical (unpaired) electrons. The van der Waals surface area contributed by atoms with Crippen molar-refractivity contribution in [3.63, 3.8) is 0 Å². The highest BCUT2D eigenvalue weighted by atomic mass is 32.2. The molecule has 7 heteroatoms. The molecule has 1 aromatic carbocycles. The molecule has 0 fully saturated rings. The van der Waals surface area contributed by atoms with Crippen LogP contribution in [0.25, 0.3) is 0 Å². The van der Waals surface area contributed by atoms with Crippen LogP contribution in [0.5, 0.6) is 0 Å². The van der Waals surface area contributed by atoms with Crippen LogP contribution in [0.3, 0.4) is 0 Å². The van der Waals surface area contributed by atoms with E-state index in [1.807, 2.05) is 0 Å². The molecule has 5 nitrogen and oxygen atoms in total. The Hall–Kier alpha value is -1.08. The summed E-state index contributed by atoms with van der Waals surface area (Å²) in [6.07, 6.45) is 0. The zero-order valence-corrected chi connectivity index (χ0v) is 12.2. The molecule has 0 amide bonds. The van der Waals surface area contributed by atoms with Crippen molar-refractivity contribution >= 4 is 25.5 Å². The van der Waals surface area contributed by atoms with Crippen molar-refractivity contribution in [1.29, 1.82) is 0 Å². The molecule has 0 aromatic heterocycles.